The van der Waals surface area contributed by atoms with Crippen molar-refractivity contribution in [3.63, 3.8) is 0 Å². The highest BCUT2D eigenvalue weighted by Crippen LogP contribution is 2.36. The van der Waals surface area contributed by atoms with E-state index >= 15 is 0 Å². The molecule has 3 heterocycles. The molecule has 2 aromatic carbocycles. The molecule has 8 heteroatoms. The smallest absolute Gasteiger partial charge is 0.410 e. The minimum Gasteiger partial charge on any atom is -0.492 e. The third kappa shape index (κ3) is 6.38. The van der Waals surface area contributed by atoms with Gasteiger partial charge in [0, 0.05) is 44.0 Å². The fourth-order valence-electron chi connectivity index (χ4n) is 5.40. The van der Waals surface area contributed by atoms with E-state index in [1.165, 1.54) is 5.56 Å². The van der Waals surface area contributed by atoms with Crippen molar-refractivity contribution in [1.82, 2.24) is 4.90 Å². The second-order valence-corrected chi connectivity index (χ2v) is 10.6. The lowest BCUT2D eigenvalue weighted by Crippen LogP contribution is -2.48. The number of esters is 1. The van der Waals surface area contributed by atoms with Crippen molar-refractivity contribution in [1.29, 1.82) is 0 Å². The Morgan fingerprint density at radius 1 is 0.925 bits per heavy atom. The van der Waals surface area contributed by atoms with Gasteiger partial charge in [-0.05, 0) is 55.0 Å². The second kappa shape index (κ2) is 12.4. The number of benzene rings is 2. The average molecular weight is 545 g/mol. The SMILES string of the molecule is CCOC(=O)C1(COc2ccc3c(c2)CN(C(=O)OCc2ccccc2)CC3)CCN(c2cc[n+](C)cc2)CC1. The van der Waals surface area contributed by atoms with Gasteiger partial charge in [-0.25, -0.2) is 9.36 Å². The number of aromatic nitrogens is 1. The number of rotatable bonds is 8. The first kappa shape index (κ1) is 27.5. The van der Waals surface area contributed by atoms with Crippen LogP contribution in [0.3, 0.4) is 0 Å². The maximum Gasteiger partial charge on any atom is 0.410 e. The summed E-state index contributed by atoms with van der Waals surface area (Å²) >= 11 is 0. The summed E-state index contributed by atoms with van der Waals surface area (Å²) in [5.41, 5.74) is 3.65. The highest BCUT2D eigenvalue weighted by molar-refractivity contribution is 5.77. The quantitative estimate of drug-likeness (QED) is 0.309. The number of ether oxygens (including phenoxy) is 3. The van der Waals surface area contributed by atoms with Crippen LogP contribution < -0.4 is 14.2 Å². The zero-order valence-corrected chi connectivity index (χ0v) is 23.4. The molecule has 0 N–H and O–H groups in total. The monoisotopic (exact) mass is 544 g/mol. The number of pyridine rings is 1. The van der Waals surface area contributed by atoms with Crippen molar-refractivity contribution in [3.8, 4) is 5.75 Å². The fraction of sp³-hybridized carbons (Fsp3) is 0.406. The fourth-order valence-corrected chi connectivity index (χ4v) is 5.40. The van der Waals surface area contributed by atoms with Crippen molar-refractivity contribution >= 4 is 17.7 Å². The third-order valence-electron chi connectivity index (χ3n) is 7.92. The number of piperidine rings is 1. The number of aryl methyl sites for hydroxylation is 1. The van der Waals surface area contributed by atoms with Gasteiger partial charge in [-0.3, -0.25) is 4.79 Å². The first-order valence-corrected chi connectivity index (χ1v) is 14.0. The predicted molar refractivity (Wildman–Crippen MR) is 151 cm³/mol. The summed E-state index contributed by atoms with van der Waals surface area (Å²) in [6.45, 7) is 5.27. The average Bonchev–Trinajstić information content (AvgIpc) is 3.00. The Balaban J connectivity index is 1.21. The van der Waals surface area contributed by atoms with Gasteiger partial charge in [0.15, 0.2) is 12.4 Å². The summed E-state index contributed by atoms with van der Waals surface area (Å²) in [5, 5.41) is 0. The van der Waals surface area contributed by atoms with Gasteiger partial charge >= 0.3 is 12.1 Å². The molecule has 0 atom stereocenters. The molecular formula is C32H38N3O5+. The number of anilines is 1. The van der Waals surface area contributed by atoms with Crippen LogP contribution in [-0.2, 0) is 40.9 Å². The number of hydrogen-bond donors (Lipinski definition) is 0. The van der Waals surface area contributed by atoms with Gasteiger partial charge < -0.3 is 24.0 Å². The Kier molecular flexibility index (Phi) is 8.53. The van der Waals surface area contributed by atoms with E-state index in [0.717, 1.165) is 36.3 Å². The number of nitrogens with zero attached hydrogens (tertiary/aromatic N) is 3. The topological polar surface area (TPSA) is 72.2 Å². The number of fused-ring (bicyclic) bond motifs is 1. The van der Waals surface area contributed by atoms with E-state index in [1.54, 1.807) is 4.90 Å². The maximum atomic E-state index is 13.2. The second-order valence-electron chi connectivity index (χ2n) is 10.6. The van der Waals surface area contributed by atoms with Crippen LogP contribution in [0.4, 0.5) is 10.5 Å². The summed E-state index contributed by atoms with van der Waals surface area (Å²) in [4.78, 5) is 29.9. The number of amides is 1. The molecule has 0 spiro atoms. The first-order chi connectivity index (χ1) is 19.5. The van der Waals surface area contributed by atoms with Gasteiger partial charge in [0.2, 0.25) is 0 Å². The summed E-state index contributed by atoms with van der Waals surface area (Å²) in [6, 6.07) is 19.9. The minimum atomic E-state index is -0.699. The van der Waals surface area contributed by atoms with E-state index < -0.39 is 5.41 Å². The lowest BCUT2D eigenvalue weighted by atomic mass is 9.79. The molecule has 0 unspecified atom stereocenters. The summed E-state index contributed by atoms with van der Waals surface area (Å²) in [6.07, 6.45) is 5.81. The predicted octanol–water partition coefficient (Wildman–Crippen LogP) is 4.43. The molecular weight excluding hydrogens is 506 g/mol. The first-order valence-electron chi connectivity index (χ1n) is 14.0. The van der Waals surface area contributed by atoms with Crippen molar-refractivity contribution in [3.05, 3.63) is 89.7 Å². The van der Waals surface area contributed by atoms with E-state index in [4.69, 9.17) is 14.2 Å². The van der Waals surface area contributed by atoms with Crippen LogP contribution in [0.25, 0.3) is 0 Å². The van der Waals surface area contributed by atoms with Crippen LogP contribution in [-0.4, -0.2) is 49.8 Å². The summed E-state index contributed by atoms with van der Waals surface area (Å²) < 4.78 is 19.4. The molecule has 1 fully saturated rings. The van der Waals surface area contributed by atoms with Crippen molar-refractivity contribution in [2.24, 2.45) is 12.5 Å². The Hall–Kier alpha value is -4.07. The maximum absolute atomic E-state index is 13.2. The van der Waals surface area contributed by atoms with Gasteiger partial charge in [-0.15, -0.1) is 0 Å². The molecule has 1 aromatic heterocycles. The molecule has 0 radical (unpaired) electrons. The number of carbonyl (C=O) groups excluding carboxylic acids is 2. The molecule has 8 nitrogen and oxygen atoms in total. The van der Waals surface area contributed by atoms with Crippen LogP contribution in [0.1, 0.15) is 36.5 Å². The number of carbonyl (C=O) groups is 2. The Bertz CT molecular complexity index is 1300. The zero-order valence-electron chi connectivity index (χ0n) is 23.4. The molecule has 2 aliphatic rings. The normalized spacial score (nSPS) is 16.1. The standard InChI is InChI=1S/C32H38N3O5/c1-3-38-30(36)32(14-19-34(20-15-32)28-12-16-33(2)17-13-28)24-40-29-10-9-26-11-18-35(22-27(26)21-29)31(37)39-23-25-7-5-4-6-8-25/h4-10,12-13,16-17,21H,3,11,14-15,18-20,22-24H2,1-2H3/q+1. The summed E-state index contributed by atoms with van der Waals surface area (Å²) in [7, 11) is 2.00. The lowest BCUT2D eigenvalue weighted by molar-refractivity contribution is -0.671. The van der Waals surface area contributed by atoms with E-state index in [-0.39, 0.29) is 25.3 Å². The Morgan fingerprint density at radius 3 is 2.40 bits per heavy atom. The van der Waals surface area contributed by atoms with E-state index in [2.05, 4.69) is 23.1 Å². The zero-order chi connectivity index (χ0) is 28.0. The van der Waals surface area contributed by atoms with Crippen molar-refractivity contribution in [2.75, 3.05) is 37.7 Å². The molecule has 5 rings (SSSR count). The molecule has 1 saturated heterocycles. The molecule has 0 bridgehead atoms. The van der Waals surface area contributed by atoms with Gasteiger partial charge in [-0.2, -0.15) is 0 Å². The molecule has 0 aliphatic carbocycles. The molecule has 3 aromatic rings. The Morgan fingerprint density at radius 2 is 1.68 bits per heavy atom. The van der Waals surface area contributed by atoms with Crippen LogP contribution in [0.15, 0.2) is 73.1 Å². The van der Waals surface area contributed by atoms with Crippen LogP contribution in [0.5, 0.6) is 5.75 Å². The minimum absolute atomic E-state index is 0.195. The van der Waals surface area contributed by atoms with Gasteiger partial charge in [-0.1, -0.05) is 36.4 Å². The van der Waals surface area contributed by atoms with Gasteiger partial charge in [0.25, 0.3) is 0 Å². The molecule has 1 amide bonds. The van der Waals surface area contributed by atoms with E-state index in [0.29, 0.717) is 38.3 Å². The van der Waals surface area contributed by atoms with Gasteiger partial charge in [0.1, 0.15) is 31.4 Å². The number of hydrogen-bond acceptors (Lipinski definition) is 6. The molecule has 0 saturated carbocycles. The van der Waals surface area contributed by atoms with Crippen LogP contribution in [0, 0.1) is 5.41 Å². The van der Waals surface area contributed by atoms with Crippen LogP contribution >= 0.6 is 0 Å². The van der Waals surface area contributed by atoms with Gasteiger partial charge in [0.05, 0.1) is 6.61 Å². The van der Waals surface area contributed by atoms with Crippen molar-refractivity contribution < 1.29 is 28.4 Å². The molecule has 2 aliphatic heterocycles. The van der Waals surface area contributed by atoms with E-state index in [1.807, 2.05) is 73.4 Å². The summed E-state index contributed by atoms with van der Waals surface area (Å²) in [5.74, 6) is 0.499. The largest absolute Gasteiger partial charge is 0.492 e. The molecule has 210 valence electrons. The van der Waals surface area contributed by atoms with E-state index in [9.17, 15) is 9.59 Å². The highest BCUT2D eigenvalue weighted by Gasteiger charge is 2.44. The van der Waals surface area contributed by atoms with Crippen molar-refractivity contribution in [2.45, 2.75) is 39.3 Å². The van der Waals surface area contributed by atoms with Crippen LogP contribution in [0.2, 0.25) is 0 Å². The third-order valence-corrected chi connectivity index (χ3v) is 7.92. The molecule has 40 heavy (non-hydrogen) atoms. The lowest BCUT2D eigenvalue weighted by Gasteiger charge is -2.40. The highest BCUT2D eigenvalue weighted by atomic mass is 16.6. The Labute approximate surface area is 236 Å².